The minimum absolute atomic E-state index is 0.0909. The van der Waals surface area contributed by atoms with Crippen LogP contribution in [0.15, 0.2) is 107 Å². The number of benzene rings is 4. The first-order valence-electron chi connectivity index (χ1n) is 14.5. The Labute approximate surface area is 268 Å². The molecule has 0 bridgehead atoms. The number of aliphatic hydroxyl groups excluding tert-OH is 1. The van der Waals surface area contributed by atoms with Crippen molar-refractivity contribution in [2.75, 3.05) is 12.3 Å². The van der Waals surface area contributed by atoms with Crippen LogP contribution in [0.5, 0.6) is 5.75 Å². The Morgan fingerprint density at radius 2 is 1.53 bits per heavy atom. The summed E-state index contributed by atoms with van der Waals surface area (Å²) in [5, 5.41) is 22.0. The number of rotatable bonds is 12. The van der Waals surface area contributed by atoms with Gasteiger partial charge >= 0.3 is 6.18 Å². The van der Waals surface area contributed by atoms with Crippen molar-refractivity contribution < 1.29 is 23.4 Å². The highest BCUT2D eigenvalue weighted by Crippen LogP contribution is 2.42. The Morgan fingerprint density at radius 3 is 2.16 bits per heavy atom. The van der Waals surface area contributed by atoms with Gasteiger partial charge in [0.25, 0.3) is 5.56 Å². The lowest BCUT2D eigenvalue weighted by Crippen LogP contribution is -2.25. The number of nitrogens with zero attached hydrogens (tertiary/aromatic N) is 1. The second kappa shape index (κ2) is 14.6. The fraction of sp³-hybridized carbons (Fsp3) is 0.229. The quantitative estimate of drug-likeness (QED) is 0.118. The fourth-order valence-corrected chi connectivity index (χ4v) is 6.52. The number of phenolic OH excluding ortho intramolecular Hbond substituents is 1. The van der Waals surface area contributed by atoms with Crippen LogP contribution in [0.1, 0.15) is 29.5 Å². The van der Waals surface area contributed by atoms with E-state index in [0.29, 0.717) is 12.8 Å². The molecule has 0 aliphatic heterocycles. The summed E-state index contributed by atoms with van der Waals surface area (Å²) in [4.78, 5) is 18.3. The second-order valence-corrected chi connectivity index (χ2v) is 12.3. The second-order valence-electron chi connectivity index (χ2n) is 10.9. The van der Waals surface area contributed by atoms with Crippen LogP contribution in [-0.2, 0) is 19.3 Å². The summed E-state index contributed by atoms with van der Waals surface area (Å²) in [7, 11) is 0. The molecule has 0 saturated carbocycles. The van der Waals surface area contributed by atoms with Gasteiger partial charge in [-0.15, -0.1) is 11.8 Å². The van der Waals surface area contributed by atoms with E-state index in [2.05, 4.69) is 34.1 Å². The molecule has 5 nitrogen and oxygen atoms in total. The lowest BCUT2D eigenvalue weighted by molar-refractivity contribution is -0.137. The van der Waals surface area contributed by atoms with Gasteiger partial charge in [0.15, 0.2) is 0 Å². The van der Waals surface area contributed by atoms with Crippen molar-refractivity contribution in [2.24, 2.45) is 0 Å². The molecule has 0 aliphatic rings. The molecule has 1 aromatic heterocycles. The molecule has 10 heteroatoms. The predicted octanol–water partition coefficient (Wildman–Crippen LogP) is 8.51. The van der Waals surface area contributed by atoms with Crippen molar-refractivity contribution >= 4 is 34.3 Å². The molecular weight excluding hydrogens is 621 g/mol. The van der Waals surface area contributed by atoms with E-state index in [-0.39, 0.29) is 43.5 Å². The van der Waals surface area contributed by atoms with E-state index >= 15 is 0 Å². The summed E-state index contributed by atoms with van der Waals surface area (Å²) in [6, 6.07) is 27.6. The molecule has 1 atom stereocenters. The summed E-state index contributed by atoms with van der Waals surface area (Å²) in [5.41, 5.74) is 1.39. The maximum Gasteiger partial charge on any atom is 0.416 e. The van der Waals surface area contributed by atoms with Gasteiger partial charge < -0.3 is 15.2 Å². The number of phenols is 1. The average Bonchev–Trinajstić information content (AvgIpc) is 3.01. The van der Waals surface area contributed by atoms with Crippen LogP contribution >= 0.6 is 23.4 Å². The minimum atomic E-state index is -4.61. The number of fused-ring (bicyclic) bond motifs is 1. The van der Waals surface area contributed by atoms with Crippen LogP contribution in [-0.4, -0.2) is 38.5 Å². The van der Waals surface area contributed by atoms with E-state index in [1.165, 1.54) is 35.4 Å². The Bertz CT molecular complexity index is 1760. The van der Waals surface area contributed by atoms with E-state index in [4.69, 9.17) is 11.6 Å². The van der Waals surface area contributed by atoms with Gasteiger partial charge in [-0.25, -0.2) is 0 Å². The highest BCUT2D eigenvalue weighted by molar-refractivity contribution is 7.99. The Morgan fingerprint density at radius 1 is 0.889 bits per heavy atom. The predicted molar refractivity (Wildman–Crippen MR) is 175 cm³/mol. The summed E-state index contributed by atoms with van der Waals surface area (Å²) >= 11 is 7.24. The molecule has 5 rings (SSSR count). The largest absolute Gasteiger partial charge is 0.507 e. The Hall–Kier alpha value is -3.76. The average molecular weight is 653 g/mol. The fourth-order valence-electron chi connectivity index (χ4n) is 5.28. The zero-order chi connectivity index (χ0) is 32.0. The summed E-state index contributed by atoms with van der Waals surface area (Å²) in [6.45, 7) is 2.23. The van der Waals surface area contributed by atoms with Crippen LogP contribution in [0.4, 0.5) is 13.2 Å². The number of nitrogens with one attached hydrogen (secondary N) is 1. The number of hydrogen-bond acceptors (Lipinski definition) is 5. The minimum Gasteiger partial charge on any atom is -0.507 e. The van der Waals surface area contributed by atoms with Crippen LogP contribution in [0.25, 0.3) is 22.0 Å². The zero-order valence-corrected chi connectivity index (χ0v) is 25.8. The van der Waals surface area contributed by atoms with Gasteiger partial charge in [-0.3, -0.25) is 9.69 Å². The van der Waals surface area contributed by atoms with E-state index in [0.717, 1.165) is 43.5 Å². The maximum absolute atomic E-state index is 13.7. The highest BCUT2D eigenvalue weighted by Gasteiger charge is 2.31. The number of pyridine rings is 1. The van der Waals surface area contributed by atoms with E-state index in [1.807, 2.05) is 36.4 Å². The van der Waals surface area contributed by atoms with Gasteiger partial charge in [0, 0.05) is 45.9 Å². The lowest BCUT2D eigenvalue weighted by Gasteiger charge is -2.23. The van der Waals surface area contributed by atoms with E-state index in [1.54, 1.807) is 0 Å². The van der Waals surface area contributed by atoms with Crippen molar-refractivity contribution in [1.29, 1.82) is 0 Å². The number of aromatic amines is 1. The molecule has 45 heavy (non-hydrogen) atoms. The molecule has 1 unspecified atom stereocenters. The third-order valence-electron chi connectivity index (χ3n) is 7.46. The van der Waals surface area contributed by atoms with Gasteiger partial charge in [0.2, 0.25) is 0 Å². The SMILES string of the molecule is O=c1[nH]c2ccc(C(F)(F)F)cc2c(-c2cc(Cl)ccc2O)c1SCC(O)CCCN(Cc1ccccc1)Cc1ccccc1. The van der Waals surface area contributed by atoms with E-state index in [9.17, 15) is 28.2 Å². The first-order chi connectivity index (χ1) is 21.6. The monoisotopic (exact) mass is 652 g/mol. The molecule has 4 aromatic carbocycles. The van der Waals surface area contributed by atoms with Gasteiger partial charge in [-0.05, 0) is 66.9 Å². The number of aromatic hydroxyl groups is 1. The summed E-state index contributed by atoms with van der Waals surface area (Å²) in [5.74, 6) is -0.109. The molecule has 0 amide bonds. The third kappa shape index (κ3) is 8.49. The topological polar surface area (TPSA) is 76.6 Å². The molecule has 0 radical (unpaired) electrons. The lowest BCUT2D eigenvalue weighted by atomic mass is 9.98. The van der Waals surface area contributed by atoms with Crippen LogP contribution < -0.4 is 5.56 Å². The molecule has 0 fully saturated rings. The normalized spacial score (nSPS) is 12.6. The van der Waals surface area contributed by atoms with Gasteiger partial charge in [0.1, 0.15) is 5.75 Å². The zero-order valence-electron chi connectivity index (χ0n) is 24.2. The van der Waals surface area contributed by atoms with E-state index < -0.39 is 23.4 Å². The van der Waals surface area contributed by atoms with Crippen molar-refractivity contribution in [2.45, 2.75) is 43.1 Å². The van der Waals surface area contributed by atoms with Crippen molar-refractivity contribution in [3.63, 3.8) is 0 Å². The molecule has 1 heterocycles. The molecular formula is C35H32ClF3N2O3S. The smallest absolute Gasteiger partial charge is 0.416 e. The standard InChI is InChI=1S/C35H32ClF3N2O3S/c36-26-14-16-31(43)29(19-26)32-28-18-25(35(37,38)39)13-15-30(28)40-34(44)33(32)45-22-27(42)12-7-17-41(20-23-8-3-1-4-9-23)21-24-10-5-2-6-11-24/h1-6,8-11,13-16,18-19,27,42-43H,7,12,17,20-22H2,(H,40,44). The maximum atomic E-state index is 13.7. The molecule has 0 aliphatic carbocycles. The van der Waals surface area contributed by atoms with Crippen LogP contribution in [0, 0.1) is 0 Å². The first-order valence-corrected chi connectivity index (χ1v) is 15.8. The van der Waals surface area contributed by atoms with Crippen LogP contribution in [0.3, 0.4) is 0 Å². The molecule has 3 N–H and O–H groups in total. The van der Waals surface area contributed by atoms with Crippen molar-refractivity contribution in [1.82, 2.24) is 9.88 Å². The summed E-state index contributed by atoms with van der Waals surface area (Å²) < 4.78 is 41.0. The first kappa shape index (κ1) is 32.6. The van der Waals surface area contributed by atoms with Crippen molar-refractivity contribution in [3.8, 4) is 16.9 Å². The van der Waals surface area contributed by atoms with Gasteiger partial charge in [0.05, 0.1) is 16.6 Å². The molecule has 5 aromatic rings. The number of hydrogen-bond donors (Lipinski definition) is 3. The van der Waals surface area contributed by atoms with Crippen molar-refractivity contribution in [3.05, 3.63) is 129 Å². The molecule has 0 spiro atoms. The third-order valence-corrected chi connectivity index (χ3v) is 8.92. The number of aliphatic hydroxyl groups is 1. The molecule has 0 saturated heterocycles. The summed E-state index contributed by atoms with van der Waals surface area (Å²) in [6.07, 6.45) is -4.26. The number of halogens is 4. The number of thioether (sulfide) groups is 1. The van der Waals surface area contributed by atoms with Gasteiger partial charge in [-0.1, -0.05) is 72.3 Å². The van der Waals surface area contributed by atoms with Crippen LogP contribution in [0.2, 0.25) is 5.02 Å². The number of H-pyrrole nitrogens is 1. The highest BCUT2D eigenvalue weighted by atomic mass is 35.5. The Balaban J connectivity index is 1.35. The molecule has 234 valence electrons. The number of alkyl halides is 3. The Kier molecular flexibility index (Phi) is 10.6. The van der Waals surface area contributed by atoms with Gasteiger partial charge in [-0.2, -0.15) is 13.2 Å². The number of aromatic nitrogens is 1.